The standard InChI is InChI=1S/2C43H26N2O.C37H22N2O/c1-2-9-27(10-3-1)28-11-8-12-29(23-28)30-17-19-36-37(24-30)33-13-4-5-15-35(33)42-43(36)45-22-21-32(26-41(45)44-42)31-18-20-40-38(25-31)34-14-6-7-16-39(34)46-40;1-2-8-27(9-3-1)28-14-16-29(17-15-28)30-18-20-36-37(24-30)33-10-4-5-12-35(33)42-43(36)45-23-22-32(26-41(45)44-42)31-19-21-40-38(25-31)34-11-6-7-13-39(34)46-40;1-2-8-23(9-3-1)24-14-16-30-31(20-24)27-10-4-5-12-29(27)36-37(30)39-19-18-26(22-35(39)38-36)25-15-17-34-32(21-25)28-11-6-7-13-33(28)40-34/h2*1-26H;1-22H. The molecule has 0 unspecified atom stereocenters. The van der Waals surface area contributed by atoms with Crippen molar-refractivity contribution in [2.75, 3.05) is 0 Å². The fourth-order valence-corrected chi connectivity index (χ4v) is 20.6. The summed E-state index contributed by atoms with van der Waals surface area (Å²) >= 11 is 0. The van der Waals surface area contributed by atoms with Gasteiger partial charge < -0.3 is 13.3 Å². The molecule has 0 amide bonds. The molecule has 29 rings (SSSR count). The molecule has 132 heavy (non-hydrogen) atoms. The summed E-state index contributed by atoms with van der Waals surface area (Å²) in [5.74, 6) is 0. The lowest BCUT2D eigenvalue weighted by molar-refractivity contribution is 0.668. The van der Waals surface area contributed by atoms with E-state index in [1.165, 1.54) is 109 Å². The summed E-state index contributed by atoms with van der Waals surface area (Å²) < 4.78 is 24.9. The number of rotatable bonds is 8. The van der Waals surface area contributed by atoms with Gasteiger partial charge in [0.2, 0.25) is 0 Å². The van der Waals surface area contributed by atoms with Gasteiger partial charge in [-0.15, -0.1) is 0 Å². The first kappa shape index (κ1) is 74.5. The highest BCUT2D eigenvalue weighted by Crippen LogP contribution is 2.46. The molecule has 0 saturated heterocycles. The molecule has 0 saturated carbocycles. The van der Waals surface area contributed by atoms with Crippen LogP contribution in [0.15, 0.2) is 463 Å². The van der Waals surface area contributed by atoms with Crippen molar-refractivity contribution in [3.05, 3.63) is 449 Å². The average molecular weight is 1680 g/mol. The largest absolute Gasteiger partial charge is 0.456 e. The molecule has 0 aliphatic heterocycles. The summed E-state index contributed by atoms with van der Waals surface area (Å²) in [6.07, 6.45) is 6.50. The van der Waals surface area contributed by atoms with Crippen molar-refractivity contribution in [1.82, 2.24) is 28.2 Å². The van der Waals surface area contributed by atoms with Crippen molar-refractivity contribution in [3.63, 3.8) is 0 Å². The fourth-order valence-electron chi connectivity index (χ4n) is 20.6. The molecule has 0 fully saturated rings. The minimum Gasteiger partial charge on any atom is -0.456 e. The molecule has 9 nitrogen and oxygen atoms in total. The first-order valence-corrected chi connectivity index (χ1v) is 44.8. The highest BCUT2D eigenvalue weighted by atomic mass is 16.3. The van der Waals surface area contributed by atoms with Crippen LogP contribution in [0.25, 0.3) is 270 Å². The van der Waals surface area contributed by atoms with Crippen molar-refractivity contribution in [2.45, 2.75) is 0 Å². The summed E-state index contributed by atoms with van der Waals surface area (Å²) in [5.41, 5.74) is 33.7. The van der Waals surface area contributed by atoms with Crippen LogP contribution in [0.3, 0.4) is 0 Å². The molecule has 0 spiro atoms. The minimum atomic E-state index is 0.904. The van der Waals surface area contributed by atoms with Crippen LogP contribution < -0.4 is 0 Å². The van der Waals surface area contributed by atoms with Gasteiger partial charge in [0.1, 0.15) is 50.4 Å². The van der Waals surface area contributed by atoms with Gasteiger partial charge >= 0.3 is 0 Å². The van der Waals surface area contributed by atoms with E-state index in [1.807, 2.05) is 36.4 Å². The summed E-state index contributed by atoms with van der Waals surface area (Å²) in [4.78, 5) is 15.7. The third-order valence-electron chi connectivity index (χ3n) is 27.0. The van der Waals surface area contributed by atoms with Crippen LogP contribution in [0.1, 0.15) is 0 Å². The maximum absolute atomic E-state index is 6.08. The molecule has 29 aromatic rings. The van der Waals surface area contributed by atoms with Gasteiger partial charge in [-0.1, -0.05) is 315 Å². The van der Waals surface area contributed by atoms with Gasteiger partial charge in [0.05, 0.1) is 33.1 Å². The quantitative estimate of drug-likeness (QED) is 0.141. The zero-order valence-corrected chi connectivity index (χ0v) is 71.1. The van der Waals surface area contributed by atoms with Crippen LogP contribution in [0, 0.1) is 0 Å². The Labute approximate surface area is 755 Å². The lowest BCUT2D eigenvalue weighted by Crippen LogP contribution is -1.89. The molecule has 614 valence electrons. The third kappa shape index (κ3) is 12.2. The Morgan fingerprint density at radius 3 is 0.697 bits per heavy atom. The van der Waals surface area contributed by atoms with Crippen LogP contribution in [0.2, 0.25) is 0 Å². The summed E-state index contributed by atoms with van der Waals surface area (Å²) in [5, 5.41) is 21.3. The Hall–Kier alpha value is -17.8. The predicted octanol–water partition coefficient (Wildman–Crippen LogP) is 33.4. The normalized spacial score (nSPS) is 11.9. The highest BCUT2D eigenvalue weighted by molar-refractivity contribution is 6.28. The number of hydrogen-bond donors (Lipinski definition) is 0. The van der Waals surface area contributed by atoms with Crippen LogP contribution in [0.4, 0.5) is 0 Å². The van der Waals surface area contributed by atoms with Crippen molar-refractivity contribution >= 4 is 180 Å². The molecule has 0 aliphatic carbocycles. The highest BCUT2D eigenvalue weighted by Gasteiger charge is 2.23. The van der Waals surface area contributed by atoms with E-state index < -0.39 is 0 Å². The number of imidazole rings is 3. The van der Waals surface area contributed by atoms with Crippen molar-refractivity contribution in [2.24, 2.45) is 0 Å². The maximum Gasteiger partial charge on any atom is 0.138 e. The molecular formula is C123H74N6O3. The summed E-state index contributed by atoms with van der Waals surface area (Å²) in [7, 11) is 0. The Morgan fingerprint density at radius 1 is 0.136 bits per heavy atom. The Morgan fingerprint density at radius 2 is 0.356 bits per heavy atom. The number of benzene rings is 20. The zero-order chi connectivity index (χ0) is 86.6. The molecule has 9 heterocycles. The summed E-state index contributed by atoms with van der Waals surface area (Å²) in [6, 6.07) is 153. The van der Waals surface area contributed by atoms with E-state index in [-0.39, 0.29) is 0 Å². The molecule has 0 bridgehead atoms. The van der Waals surface area contributed by atoms with E-state index in [4.69, 9.17) is 28.2 Å². The molecule has 0 N–H and O–H groups in total. The molecule has 0 aliphatic rings. The summed E-state index contributed by atoms with van der Waals surface area (Å²) in [6.45, 7) is 0. The molecule has 0 radical (unpaired) electrons. The van der Waals surface area contributed by atoms with E-state index in [2.05, 4.69) is 426 Å². The second-order valence-corrected chi connectivity index (χ2v) is 34.5. The van der Waals surface area contributed by atoms with Crippen LogP contribution in [-0.4, -0.2) is 28.2 Å². The van der Waals surface area contributed by atoms with Gasteiger partial charge in [-0.25, -0.2) is 15.0 Å². The topological polar surface area (TPSA) is 91.3 Å². The number of fused-ring (bicyclic) bond motifs is 33. The van der Waals surface area contributed by atoms with E-state index >= 15 is 0 Å². The Balaban J connectivity index is 0.000000102. The predicted molar refractivity (Wildman–Crippen MR) is 548 cm³/mol. The number of para-hydroxylation sites is 3. The van der Waals surface area contributed by atoms with E-state index in [1.54, 1.807) is 0 Å². The average Bonchev–Trinajstić information content (AvgIpc) is 1.55. The van der Waals surface area contributed by atoms with Crippen LogP contribution >= 0.6 is 0 Å². The van der Waals surface area contributed by atoms with Crippen LogP contribution in [-0.2, 0) is 0 Å². The lowest BCUT2D eigenvalue weighted by Gasteiger charge is -2.11. The first-order chi connectivity index (χ1) is 65.4. The molecule has 9 heteroatoms. The minimum absolute atomic E-state index is 0.904. The second kappa shape index (κ2) is 29.9. The van der Waals surface area contributed by atoms with E-state index in [0.717, 1.165) is 160 Å². The zero-order valence-electron chi connectivity index (χ0n) is 71.1. The maximum atomic E-state index is 6.08. The number of furan rings is 3. The Bertz CT molecular complexity index is 9800. The fraction of sp³-hybridized carbons (Fsp3) is 0. The Kier molecular flexibility index (Phi) is 16.9. The van der Waals surface area contributed by atoms with Crippen molar-refractivity contribution in [3.8, 4) is 89.0 Å². The van der Waals surface area contributed by atoms with Gasteiger partial charge in [-0.3, -0.25) is 13.2 Å². The first-order valence-electron chi connectivity index (χ1n) is 44.8. The van der Waals surface area contributed by atoms with Gasteiger partial charge in [0, 0.05) is 83.2 Å². The van der Waals surface area contributed by atoms with E-state index in [0.29, 0.717) is 0 Å². The van der Waals surface area contributed by atoms with Crippen molar-refractivity contribution < 1.29 is 13.3 Å². The van der Waals surface area contributed by atoms with Gasteiger partial charge in [-0.2, -0.15) is 0 Å². The van der Waals surface area contributed by atoms with Crippen LogP contribution in [0.5, 0.6) is 0 Å². The van der Waals surface area contributed by atoms with Gasteiger partial charge in [-0.05, 0) is 237 Å². The van der Waals surface area contributed by atoms with Crippen molar-refractivity contribution in [1.29, 1.82) is 0 Å². The molecular weight excluding hydrogens is 1610 g/mol. The number of nitrogens with zero attached hydrogens (tertiary/aromatic N) is 6. The molecule has 9 aromatic heterocycles. The SMILES string of the molecule is c1ccc(-c2ccc(-c3ccc4c(c3)c3ccccc3c3nc5cc(-c6ccc7oc8ccccc8c7c6)ccn5c43)cc2)cc1.c1ccc(-c2ccc3c(c2)c2ccccc2c2nc4cc(-c5ccc6oc7ccccc7c6c5)ccn4c32)cc1.c1ccc(-c2cccc(-c3ccc4c(c3)c3ccccc3c3nc5cc(-c6ccc7oc8ccccc8c7c6)ccn5c43)c2)cc1. The smallest absolute Gasteiger partial charge is 0.138 e. The third-order valence-corrected chi connectivity index (χ3v) is 27.0. The lowest BCUT2D eigenvalue weighted by atomic mass is 9.94. The number of hydrogen-bond acceptors (Lipinski definition) is 6. The second-order valence-electron chi connectivity index (χ2n) is 34.5. The molecule has 20 aromatic carbocycles. The molecule has 0 atom stereocenters. The van der Waals surface area contributed by atoms with Gasteiger partial charge in [0.25, 0.3) is 0 Å². The van der Waals surface area contributed by atoms with E-state index in [9.17, 15) is 0 Å². The number of pyridine rings is 3. The number of aromatic nitrogens is 6. The van der Waals surface area contributed by atoms with Gasteiger partial charge in [0.15, 0.2) is 0 Å². The monoisotopic (exact) mass is 1680 g/mol.